The molecule has 4 nitrogen and oxygen atoms in total. The summed E-state index contributed by atoms with van der Waals surface area (Å²) in [6.45, 7) is 0.595. The van der Waals surface area contributed by atoms with Gasteiger partial charge in [-0.2, -0.15) is 13.2 Å². The predicted molar refractivity (Wildman–Crippen MR) is 79.4 cm³/mol. The van der Waals surface area contributed by atoms with Crippen molar-refractivity contribution in [3.05, 3.63) is 35.4 Å². The van der Waals surface area contributed by atoms with Crippen molar-refractivity contribution in [3.8, 4) is 0 Å². The number of piperazine rings is 1. The van der Waals surface area contributed by atoms with Crippen LogP contribution in [0.15, 0.2) is 24.3 Å². The van der Waals surface area contributed by atoms with E-state index in [1.165, 1.54) is 21.9 Å². The van der Waals surface area contributed by atoms with Crippen LogP contribution in [0.2, 0.25) is 0 Å². The lowest BCUT2D eigenvalue weighted by Crippen LogP contribution is -2.52. The molecule has 0 spiro atoms. The van der Waals surface area contributed by atoms with E-state index in [2.05, 4.69) is 0 Å². The SMILES string of the molecule is O=C(c1ccccc1C(F)(F)F)N1CCN(C(=O)C(Cl)Cl)CC1. The number of carbonyl (C=O) groups is 2. The third-order valence-corrected chi connectivity index (χ3v) is 3.90. The number of nitrogens with zero attached hydrogens (tertiary/aromatic N) is 2. The van der Waals surface area contributed by atoms with E-state index in [0.717, 1.165) is 12.1 Å². The molecule has 2 rings (SSSR count). The molecule has 1 fully saturated rings. The van der Waals surface area contributed by atoms with Crippen molar-refractivity contribution < 1.29 is 22.8 Å². The zero-order chi connectivity index (χ0) is 17.2. The van der Waals surface area contributed by atoms with E-state index in [-0.39, 0.29) is 26.2 Å². The van der Waals surface area contributed by atoms with Gasteiger partial charge < -0.3 is 9.80 Å². The van der Waals surface area contributed by atoms with Gasteiger partial charge in [0.1, 0.15) is 0 Å². The Morgan fingerprint density at radius 2 is 1.52 bits per heavy atom. The van der Waals surface area contributed by atoms with Crippen molar-refractivity contribution in [2.24, 2.45) is 0 Å². The Morgan fingerprint density at radius 3 is 2.04 bits per heavy atom. The second-order valence-corrected chi connectivity index (χ2v) is 6.06. The van der Waals surface area contributed by atoms with Crippen LogP contribution in [-0.4, -0.2) is 52.6 Å². The molecule has 1 aliphatic heterocycles. The Morgan fingerprint density at radius 1 is 1.00 bits per heavy atom. The number of halogens is 5. The van der Waals surface area contributed by atoms with E-state index in [0.29, 0.717) is 0 Å². The molecule has 23 heavy (non-hydrogen) atoms. The molecule has 126 valence electrons. The third-order valence-electron chi connectivity index (χ3n) is 3.53. The molecular weight excluding hydrogens is 356 g/mol. The average Bonchev–Trinajstić information content (AvgIpc) is 2.52. The van der Waals surface area contributed by atoms with E-state index in [1.54, 1.807) is 0 Å². The van der Waals surface area contributed by atoms with Crippen LogP contribution < -0.4 is 0 Å². The van der Waals surface area contributed by atoms with Crippen LogP contribution in [0, 0.1) is 0 Å². The first-order valence-electron chi connectivity index (χ1n) is 6.74. The maximum atomic E-state index is 13.0. The van der Waals surface area contributed by atoms with Gasteiger partial charge in [0.15, 0.2) is 4.84 Å². The van der Waals surface area contributed by atoms with Crippen LogP contribution in [0.25, 0.3) is 0 Å². The van der Waals surface area contributed by atoms with Gasteiger partial charge in [0.25, 0.3) is 11.8 Å². The minimum atomic E-state index is -4.60. The number of hydrogen-bond acceptors (Lipinski definition) is 2. The molecule has 1 heterocycles. The van der Waals surface area contributed by atoms with E-state index in [1.807, 2.05) is 0 Å². The molecule has 1 aromatic rings. The number of hydrogen-bond donors (Lipinski definition) is 0. The highest BCUT2D eigenvalue weighted by molar-refractivity contribution is 6.53. The van der Waals surface area contributed by atoms with E-state index in [4.69, 9.17) is 23.2 Å². The van der Waals surface area contributed by atoms with Crippen molar-refractivity contribution >= 4 is 35.0 Å². The Bertz CT molecular complexity index is 600. The molecule has 0 atom stereocenters. The maximum absolute atomic E-state index is 13.0. The molecule has 0 N–H and O–H groups in total. The zero-order valence-corrected chi connectivity index (χ0v) is 13.3. The monoisotopic (exact) mass is 368 g/mol. The fraction of sp³-hybridized carbons (Fsp3) is 0.429. The number of benzene rings is 1. The van der Waals surface area contributed by atoms with Gasteiger partial charge in [-0.15, -0.1) is 0 Å². The second kappa shape index (κ2) is 6.97. The summed E-state index contributed by atoms with van der Waals surface area (Å²) in [6.07, 6.45) is -4.60. The van der Waals surface area contributed by atoms with Gasteiger partial charge in [-0.1, -0.05) is 35.3 Å². The number of carbonyl (C=O) groups excluding carboxylic acids is 2. The lowest BCUT2D eigenvalue weighted by Gasteiger charge is -2.35. The van der Waals surface area contributed by atoms with Crippen molar-refractivity contribution in [1.82, 2.24) is 9.80 Å². The fourth-order valence-electron chi connectivity index (χ4n) is 2.36. The van der Waals surface area contributed by atoms with E-state index >= 15 is 0 Å². The summed E-state index contributed by atoms with van der Waals surface area (Å²) in [4.78, 5) is 25.5. The summed E-state index contributed by atoms with van der Waals surface area (Å²) in [5, 5.41) is 0. The maximum Gasteiger partial charge on any atom is 0.417 e. The largest absolute Gasteiger partial charge is 0.417 e. The van der Waals surface area contributed by atoms with Gasteiger partial charge in [-0.05, 0) is 12.1 Å². The van der Waals surface area contributed by atoms with Crippen LogP contribution in [0.3, 0.4) is 0 Å². The van der Waals surface area contributed by atoms with Crippen molar-refractivity contribution in [3.63, 3.8) is 0 Å². The summed E-state index contributed by atoms with van der Waals surface area (Å²) >= 11 is 11.0. The highest BCUT2D eigenvalue weighted by Crippen LogP contribution is 2.32. The predicted octanol–water partition coefficient (Wildman–Crippen LogP) is 2.79. The topological polar surface area (TPSA) is 40.6 Å². The molecule has 0 saturated carbocycles. The van der Waals surface area contributed by atoms with Crippen LogP contribution in [-0.2, 0) is 11.0 Å². The van der Waals surface area contributed by atoms with Crippen molar-refractivity contribution in [2.75, 3.05) is 26.2 Å². The number of amides is 2. The van der Waals surface area contributed by atoms with Crippen LogP contribution >= 0.6 is 23.2 Å². The summed E-state index contributed by atoms with van der Waals surface area (Å²) in [6, 6.07) is 4.64. The van der Waals surface area contributed by atoms with Gasteiger partial charge in [0.05, 0.1) is 11.1 Å². The van der Waals surface area contributed by atoms with E-state index < -0.39 is 34.0 Å². The van der Waals surface area contributed by atoms with Gasteiger partial charge in [0, 0.05) is 26.2 Å². The summed E-state index contributed by atoms with van der Waals surface area (Å²) in [5.41, 5.74) is -1.36. The van der Waals surface area contributed by atoms with Crippen molar-refractivity contribution in [1.29, 1.82) is 0 Å². The summed E-state index contributed by atoms with van der Waals surface area (Å²) in [7, 11) is 0. The van der Waals surface area contributed by atoms with Crippen LogP contribution in [0.1, 0.15) is 15.9 Å². The summed E-state index contributed by atoms with van der Waals surface area (Å²) < 4.78 is 38.9. The number of alkyl halides is 5. The molecule has 1 aromatic carbocycles. The molecule has 0 bridgehead atoms. The van der Waals surface area contributed by atoms with Gasteiger partial charge in [0.2, 0.25) is 0 Å². The molecule has 0 radical (unpaired) electrons. The lowest BCUT2D eigenvalue weighted by atomic mass is 10.1. The Hall–Kier alpha value is -1.47. The zero-order valence-electron chi connectivity index (χ0n) is 11.8. The smallest absolute Gasteiger partial charge is 0.337 e. The van der Waals surface area contributed by atoms with E-state index in [9.17, 15) is 22.8 Å². The fourth-order valence-corrected chi connectivity index (χ4v) is 2.63. The molecule has 0 unspecified atom stereocenters. The van der Waals surface area contributed by atoms with Crippen molar-refractivity contribution in [2.45, 2.75) is 11.0 Å². The van der Waals surface area contributed by atoms with Gasteiger partial charge in [-0.3, -0.25) is 9.59 Å². The Labute approximate surface area is 140 Å². The first-order valence-corrected chi connectivity index (χ1v) is 7.61. The normalized spacial score (nSPS) is 15.9. The standard InChI is InChI=1S/C14H13Cl2F3N2O2/c15-11(16)13(23)21-7-5-20(6-8-21)12(22)9-3-1-2-4-10(9)14(17,18)19/h1-4,11H,5-8H2. The lowest BCUT2D eigenvalue weighted by molar-refractivity contribution is -0.138. The Kier molecular flexibility index (Phi) is 5.41. The molecule has 9 heteroatoms. The highest BCUT2D eigenvalue weighted by atomic mass is 35.5. The molecule has 1 saturated heterocycles. The summed E-state index contributed by atoms with van der Waals surface area (Å²) in [5.74, 6) is -1.19. The molecule has 2 amide bonds. The molecular formula is C14H13Cl2F3N2O2. The van der Waals surface area contributed by atoms with Gasteiger partial charge >= 0.3 is 6.18 Å². The molecule has 1 aliphatic rings. The van der Waals surface area contributed by atoms with Crippen LogP contribution in [0.5, 0.6) is 0 Å². The average molecular weight is 369 g/mol. The quantitative estimate of drug-likeness (QED) is 0.753. The highest BCUT2D eigenvalue weighted by Gasteiger charge is 2.36. The first kappa shape index (κ1) is 17.9. The minimum Gasteiger partial charge on any atom is -0.337 e. The van der Waals surface area contributed by atoms with Crippen LogP contribution in [0.4, 0.5) is 13.2 Å². The molecule has 0 aromatic heterocycles. The minimum absolute atomic E-state index is 0.122. The first-order chi connectivity index (χ1) is 10.7. The number of rotatable bonds is 2. The second-order valence-electron chi connectivity index (χ2n) is 4.96. The Balaban J connectivity index is 2.11. The molecule has 0 aliphatic carbocycles. The van der Waals surface area contributed by atoms with Gasteiger partial charge in [-0.25, -0.2) is 0 Å². The third kappa shape index (κ3) is 4.09.